The predicted octanol–water partition coefficient (Wildman–Crippen LogP) is 3.00. The molecule has 0 aliphatic rings. The van der Waals surface area contributed by atoms with Crippen molar-refractivity contribution in [2.45, 2.75) is 72.2 Å². The quantitative estimate of drug-likeness (QED) is 0.679. The molecule has 3 atom stereocenters. The van der Waals surface area contributed by atoms with Crippen LogP contribution in [-0.4, -0.2) is 36.1 Å². The molecule has 0 heterocycles. The molecule has 3 nitrogen and oxygen atoms in total. The molecular weight excluding hydrogens is 216 g/mol. The highest BCUT2D eigenvalue weighted by Gasteiger charge is 2.26. The minimum Gasteiger partial charge on any atom is -0.394 e. The standard InChI is InChI=1S/C14H30O3/c1-7-14(6,8-11(2)3)17-13(5)10-16-12(4)9-15/h11-13,15H,7-10H2,1-6H3. The molecule has 0 radical (unpaired) electrons. The summed E-state index contributed by atoms with van der Waals surface area (Å²) < 4.78 is 11.6. The highest BCUT2D eigenvalue weighted by Crippen LogP contribution is 2.26. The molecule has 0 aromatic heterocycles. The first-order valence-electron chi connectivity index (χ1n) is 6.73. The zero-order chi connectivity index (χ0) is 13.5. The molecule has 0 bridgehead atoms. The van der Waals surface area contributed by atoms with Crippen LogP contribution < -0.4 is 0 Å². The Labute approximate surface area is 107 Å². The lowest BCUT2D eigenvalue weighted by atomic mass is 9.91. The number of hydrogen-bond acceptors (Lipinski definition) is 3. The van der Waals surface area contributed by atoms with Gasteiger partial charge in [0.15, 0.2) is 0 Å². The van der Waals surface area contributed by atoms with E-state index in [9.17, 15) is 0 Å². The van der Waals surface area contributed by atoms with E-state index in [4.69, 9.17) is 14.6 Å². The third kappa shape index (κ3) is 7.74. The van der Waals surface area contributed by atoms with Gasteiger partial charge < -0.3 is 14.6 Å². The fourth-order valence-corrected chi connectivity index (χ4v) is 2.01. The van der Waals surface area contributed by atoms with Gasteiger partial charge in [-0.05, 0) is 39.5 Å². The lowest BCUT2D eigenvalue weighted by Crippen LogP contribution is -2.36. The first-order chi connectivity index (χ1) is 7.83. The average Bonchev–Trinajstić information content (AvgIpc) is 2.24. The van der Waals surface area contributed by atoms with Crippen molar-refractivity contribution in [2.75, 3.05) is 13.2 Å². The van der Waals surface area contributed by atoms with Gasteiger partial charge in [-0.15, -0.1) is 0 Å². The van der Waals surface area contributed by atoms with E-state index in [1.807, 2.05) is 13.8 Å². The molecular formula is C14H30O3. The Morgan fingerprint density at radius 3 is 2.12 bits per heavy atom. The number of aliphatic hydroxyl groups is 1. The van der Waals surface area contributed by atoms with Crippen molar-refractivity contribution in [3.63, 3.8) is 0 Å². The molecule has 0 aromatic rings. The Kier molecular flexibility index (Phi) is 8.01. The zero-order valence-electron chi connectivity index (χ0n) is 12.3. The van der Waals surface area contributed by atoms with Gasteiger partial charge in [-0.1, -0.05) is 20.8 Å². The summed E-state index contributed by atoms with van der Waals surface area (Å²) in [7, 11) is 0. The molecule has 3 unspecified atom stereocenters. The SMILES string of the molecule is CCC(C)(CC(C)C)OC(C)COC(C)CO. The summed E-state index contributed by atoms with van der Waals surface area (Å²) in [6, 6.07) is 0. The number of ether oxygens (including phenoxy) is 2. The van der Waals surface area contributed by atoms with E-state index in [0.717, 1.165) is 12.8 Å². The van der Waals surface area contributed by atoms with Crippen LogP contribution in [0.5, 0.6) is 0 Å². The molecule has 0 aliphatic heterocycles. The van der Waals surface area contributed by atoms with Crippen molar-refractivity contribution < 1.29 is 14.6 Å². The molecule has 0 saturated carbocycles. The van der Waals surface area contributed by atoms with E-state index in [2.05, 4.69) is 27.7 Å². The molecule has 0 spiro atoms. The van der Waals surface area contributed by atoms with Crippen LogP contribution >= 0.6 is 0 Å². The molecule has 0 fully saturated rings. The van der Waals surface area contributed by atoms with Gasteiger partial charge in [0.05, 0.1) is 31.0 Å². The summed E-state index contributed by atoms with van der Waals surface area (Å²) in [5.74, 6) is 0.629. The van der Waals surface area contributed by atoms with E-state index in [1.54, 1.807) is 0 Å². The maximum atomic E-state index is 8.88. The maximum absolute atomic E-state index is 8.88. The highest BCUT2D eigenvalue weighted by molar-refractivity contribution is 4.76. The Bertz CT molecular complexity index is 194. The van der Waals surface area contributed by atoms with Gasteiger partial charge in [0.2, 0.25) is 0 Å². The molecule has 0 saturated heterocycles. The fourth-order valence-electron chi connectivity index (χ4n) is 2.01. The van der Waals surface area contributed by atoms with Crippen molar-refractivity contribution >= 4 is 0 Å². The summed E-state index contributed by atoms with van der Waals surface area (Å²) in [5, 5.41) is 8.88. The maximum Gasteiger partial charge on any atom is 0.0788 e. The van der Waals surface area contributed by atoms with Crippen molar-refractivity contribution in [2.24, 2.45) is 5.92 Å². The second-order valence-electron chi connectivity index (χ2n) is 5.66. The Morgan fingerprint density at radius 2 is 1.71 bits per heavy atom. The van der Waals surface area contributed by atoms with E-state index in [0.29, 0.717) is 12.5 Å². The summed E-state index contributed by atoms with van der Waals surface area (Å²) >= 11 is 0. The van der Waals surface area contributed by atoms with Gasteiger partial charge in [0.25, 0.3) is 0 Å². The summed E-state index contributed by atoms with van der Waals surface area (Å²) in [6.45, 7) is 13.2. The van der Waals surface area contributed by atoms with Crippen LogP contribution in [0.1, 0.15) is 54.4 Å². The van der Waals surface area contributed by atoms with Gasteiger partial charge >= 0.3 is 0 Å². The average molecular weight is 246 g/mol. The van der Waals surface area contributed by atoms with Gasteiger partial charge in [-0.2, -0.15) is 0 Å². The monoisotopic (exact) mass is 246 g/mol. The summed E-state index contributed by atoms with van der Waals surface area (Å²) in [6.07, 6.45) is 2.01. The lowest BCUT2D eigenvalue weighted by molar-refractivity contribution is -0.123. The molecule has 0 aromatic carbocycles. The molecule has 17 heavy (non-hydrogen) atoms. The highest BCUT2D eigenvalue weighted by atomic mass is 16.6. The number of aliphatic hydroxyl groups excluding tert-OH is 1. The third-order valence-electron chi connectivity index (χ3n) is 2.95. The molecule has 1 N–H and O–H groups in total. The Balaban J connectivity index is 4.09. The van der Waals surface area contributed by atoms with Gasteiger partial charge in [0.1, 0.15) is 0 Å². The van der Waals surface area contributed by atoms with Gasteiger partial charge in [-0.3, -0.25) is 0 Å². The van der Waals surface area contributed by atoms with Gasteiger partial charge in [0, 0.05) is 0 Å². The topological polar surface area (TPSA) is 38.7 Å². The molecule has 104 valence electrons. The minimum absolute atomic E-state index is 0.0593. The van der Waals surface area contributed by atoms with E-state index < -0.39 is 0 Å². The van der Waals surface area contributed by atoms with Crippen LogP contribution in [0, 0.1) is 5.92 Å². The second-order valence-corrected chi connectivity index (χ2v) is 5.66. The largest absolute Gasteiger partial charge is 0.394 e. The molecule has 0 amide bonds. The van der Waals surface area contributed by atoms with Crippen molar-refractivity contribution in [3.05, 3.63) is 0 Å². The van der Waals surface area contributed by atoms with Crippen LogP contribution in [0.3, 0.4) is 0 Å². The summed E-state index contributed by atoms with van der Waals surface area (Å²) in [4.78, 5) is 0. The first-order valence-corrected chi connectivity index (χ1v) is 6.73. The second kappa shape index (κ2) is 8.06. The number of rotatable bonds is 9. The molecule has 0 aliphatic carbocycles. The van der Waals surface area contributed by atoms with Crippen molar-refractivity contribution in [1.82, 2.24) is 0 Å². The van der Waals surface area contributed by atoms with Crippen LogP contribution in [0.25, 0.3) is 0 Å². The zero-order valence-corrected chi connectivity index (χ0v) is 12.3. The van der Waals surface area contributed by atoms with E-state index in [-0.39, 0.29) is 24.4 Å². The fraction of sp³-hybridized carbons (Fsp3) is 1.00. The third-order valence-corrected chi connectivity index (χ3v) is 2.95. The predicted molar refractivity (Wildman–Crippen MR) is 71.2 cm³/mol. The minimum atomic E-state index is -0.112. The molecule has 0 rings (SSSR count). The van der Waals surface area contributed by atoms with Crippen LogP contribution in [0.2, 0.25) is 0 Å². The lowest BCUT2D eigenvalue weighted by Gasteiger charge is -2.33. The van der Waals surface area contributed by atoms with Crippen LogP contribution in [0.4, 0.5) is 0 Å². The van der Waals surface area contributed by atoms with Crippen LogP contribution in [0.15, 0.2) is 0 Å². The Hall–Kier alpha value is -0.120. The van der Waals surface area contributed by atoms with E-state index >= 15 is 0 Å². The van der Waals surface area contributed by atoms with Crippen molar-refractivity contribution in [1.29, 1.82) is 0 Å². The van der Waals surface area contributed by atoms with Gasteiger partial charge in [-0.25, -0.2) is 0 Å². The van der Waals surface area contributed by atoms with Crippen LogP contribution in [-0.2, 0) is 9.47 Å². The summed E-state index contributed by atoms with van der Waals surface area (Å²) in [5.41, 5.74) is -0.0700. The molecule has 3 heteroatoms. The Morgan fingerprint density at radius 1 is 1.12 bits per heavy atom. The van der Waals surface area contributed by atoms with Crippen molar-refractivity contribution in [3.8, 4) is 0 Å². The number of hydrogen-bond donors (Lipinski definition) is 1. The first kappa shape index (κ1) is 16.9. The van der Waals surface area contributed by atoms with E-state index in [1.165, 1.54) is 0 Å². The smallest absolute Gasteiger partial charge is 0.0788 e. The normalized spacial score (nSPS) is 19.1.